The molecule has 3 rings (SSSR count). The number of carboxylic acid groups (broad SMARTS) is 1. The number of aryl methyl sites for hydroxylation is 1. The summed E-state index contributed by atoms with van der Waals surface area (Å²) in [7, 11) is 0. The van der Waals surface area contributed by atoms with Crippen LogP contribution in [0.2, 0.25) is 0 Å². The molecule has 0 radical (unpaired) electrons. The number of carbonyl (C=O) groups is 2. The molecular formula is C19H25NO3. The molecule has 4 heteroatoms. The molecule has 2 aliphatic rings. The molecular weight excluding hydrogens is 290 g/mol. The van der Waals surface area contributed by atoms with Crippen LogP contribution in [-0.2, 0) is 21.4 Å². The number of carboxylic acids is 1. The van der Waals surface area contributed by atoms with Crippen molar-refractivity contribution in [2.24, 2.45) is 11.8 Å². The van der Waals surface area contributed by atoms with Gasteiger partial charge in [-0.15, -0.1) is 0 Å². The van der Waals surface area contributed by atoms with Crippen LogP contribution in [0.4, 0.5) is 0 Å². The maximum absolute atomic E-state index is 12.6. The first-order valence-electron chi connectivity index (χ1n) is 8.55. The highest BCUT2D eigenvalue weighted by atomic mass is 16.4. The van der Waals surface area contributed by atoms with Gasteiger partial charge in [0.15, 0.2) is 0 Å². The highest BCUT2D eigenvalue weighted by molar-refractivity contribution is 5.88. The Labute approximate surface area is 137 Å². The topological polar surface area (TPSA) is 66.4 Å². The fourth-order valence-corrected chi connectivity index (χ4v) is 4.14. The molecule has 23 heavy (non-hydrogen) atoms. The molecule has 1 spiro atoms. The quantitative estimate of drug-likeness (QED) is 0.878. The lowest BCUT2D eigenvalue weighted by atomic mass is 9.78. The smallest absolute Gasteiger partial charge is 0.326 e. The fraction of sp³-hybridized carbons (Fsp3) is 0.579. The highest BCUT2D eigenvalue weighted by Gasteiger charge is 2.60. The van der Waals surface area contributed by atoms with Crippen molar-refractivity contribution in [3.63, 3.8) is 0 Å². The van der Waals surface area contributed by atoms with Gasteiger partial charge in [0.1, 0.15) is 6.04 Å². The van der Waals surface area contributed by atoms with Gasteiger partial charge >= 0.3 is 5.97 Å². The van der Waals surface area contributed by atoms with Gasteiger partial charge in [-0.25, -0.2) is 4.79 Å². The summed E-state index contributed by atoms with van der Waals surface area (Å²) >= 11 is 0. The molecule has 0 heterocycles. The van der Waals surface area contributed by atoms with Crippen LogP contribution in [-0.4, -0.2) is 23.0 Å². The molecule has 4 nitrogen and oxygen atoms in total. The molecule has 1 saturated carbocycles. The molecule has 0 bridgehead atoms. The Morgan fingerprint density at radius 1 is 1.35 bits per heavy atom. The molecule has 1 amide bonds. The first kappa shape index (κ1) is 16.0. The van der Waals surface area contributed by atoms with Crippen LogP contribution in [0.5, 0.6) is 0 Å². The van der Waals surface area contributed by atoms with Crippen molar-refractivity contribution in [3.8, 4) is 0 Å². The van der Waals surface area contributed by atoms with E-state index in [2.05, 4.69) is 23.5 Å². The Bertz CT molecular complexity index is 625. The predicted octanol–water partition coefficient (Wildman–Crippen LogP) is 2.90. The van der Waals surface area contributed by atoms with E-state index in [4.69, 9.17) is 0 Å². The van der Waals surface area contributed by atoms with Crippen LogP contribution in [0.1, 0.15) is 50.7 Å². The third kappa shape index (κ3) is 2.99. The van der Waals surface area contributed by atoms with E-state index >= 15 is 0 Å². The fourth-order valence-electron chi connectivity index (χ4n) is 4.14. The number of nitrogens with one attached hydrogen (secondary N) is 1. The zero-order valence-corrected chi connectivity index (χ0v) is 13.8. The standard InChI is InChI=1S/C19H25NO3/c1-12(2)10-16(18(22)23)20-17(21)15-11-19(15)9-5-7-13-6-3-4-8-14(13)19/h3-4,6,8,12,15-16H,5,7,9-11H2,1-2H3,(H,20,21)(H,22,23)/t15?,16-,19?/m0/s1. The number of fused-ring (bicyclic) bond motifs is 2. The molecule has 2 unspecified atom stereocenters. The molecule has 0 aliphatic heterocycles. The van der Waals surface area contributed by atoms with E-state index in [1.54, 1.807) is 0 Å². The number of carbonyl (C=O) groups excluding carboxylic acids is 1. The number of aliphatic carboxylic acids is 1. The van der Waals surface area contributed by atoms with Gasteiger partial charge in [0.2, 0.25) is 5.91 Å². The maximum atomic E-state index is 12.6. The second kappa shape index (κ2) is 5.99. The lowest BCUT2D eigenvalue weighted by Crippen LogP contribution is -2.43. The Morgan fingerprint density at radius 3 is 2.78 bits per heavy atom. The van der Waals surface area contributed by atoms with Gasteiger partial charge in [0.05, 0.1) is 0 Å². The van der Waals surface area contributed by atoms with Crippen molar-refractivity contribution in [2.75, 3.05) is 0 Å². The summed E-state index contributed by atoms with van der Waals surface area (Å²) < 4.78 is 0. The van der Waals surface area contributed by atoms with Gasteiger partial charge in [-0.1, -0.05) is 38.1 Å². The van der Waals surface area contributed by atoms with E-state index in [0.29, 0.717) is 6.42 Å². The minimum absolute atomic E-state index is 0.0419. The van der Waals surface area contributed by atoms with Gasteiger partial charge in [0, 0.05) is 11.3 Å². The summed E-state index contributed by atoms with van der Waals surface area (Å²) in [5, 5.41) is 12.1. The number of hydrogen-bond acceptors (Lipinski definition) is 2. The molecule has 2 aliphatic carbocycles. The van der Waals surface area contributed by atoms with Crippen LogP contribution in [0, 0.1) is 11.8 Å². The Morgan fingerprint density at radius 2 is 2.09 bits per heavy atom. The molecule has 2 N–H and O–H groups in total. The predicted molar refractivity (Wildman–Crippen MR) is 88.2 cm³/mol. The summed E-state index contributed by atoms with van der Waals surface area (Å²) in [6.45, 7) is 3.94. The Balaban J connectivity index is 1.73. The van der Waals surface area contributed by atoms with Crippen LogP contribution < -0.4 is 5.32 Å². The van der Waals surface area contributed by atoms with E-state index in [-0.39, 0.29) is 23.2 Å². The zero-order chi connectivity index (χ0) is 16.6. The zero-order valence-electron chi connectivity index (χ0n) is 13.8. The minimum atomic E-state index is -0.939. The molecule has 1 aromatic carbocycles. The van der Waals surface area contributed by atoms with Gasteiger partial charge in [-0.2, -0.15) is 0 Å². The third-order valence-electron chi connectivity index (χ3n) is 5.34. The van der Waals surface area contributed by atoms with Crippen molar-refractivity contribution in [1.29, 1.82) is 0 Å². The first-order chi connectivity index (χ1) is 10.9. The second-order valence-corrected chi connectivity index (χ2v) is 7.45. The lowest BCUT2D eigenvalue weighted by molar-refractivity contribution is -0.142. The van der Waals surface area contributed by atoms with Gasteiger partial charge in [-0.3, -0.25) is 4.79 Å². The Kier molecular flexibility index (Phi) is 4.17. The number of rotatable bonds is 5. The van der Waals surface area contributed by atoms with Crippen molar-refractivity contribution < 1.29 is 14.7 Å². The van der Waals surface area contributed by atoms with Crippen LogP contribution in [0.25, 0.3) is 0 Å². The third-order valence-corrected chi connectivity index (χ3v) is 5.34. The molecule has 3 atom stereocenters. The van der Waals surface area contributed by atoms with Gasteiger partial charge < -0.3 is 10.4 Å². The van der Waals surface area contributed by atoms with Gasteiger partial charge in [-0.05, 0) is 49.1 Å². The van der Waals surface area contributed by atoms with Crippen LogP contribution in [0.3, 0.4) is 0 Å². The number of hydrogen-bond donors (Lipinski definition) is 2. The molecule has 124 valence electrons. The van der Waals surface area contributed by atoms with Gasteiger partial charge in [0.25, 0.3) is 0 Å². The lowest BCUT2D eigenvalue weighted by Gasteiger charge is -2.26. The maximum Gasteiger partial charge on any atom is 0.326 e. The summed E-state index contributed by atoms with van der Waals surface area (Å²) in [6.07, 6.45) is 4.54. The SMILES string of the molecule is CC(C)C[C@H](NC(=O)C1CC12CCCc1ccccc12)C(=O)O. The van der Waals surface area contributed by atoms with Crippen LogP contribution in [0.15, 0.2) is 24.3 Å². The normalized spacial score (nSPS) is 26.7. The van der Waals surface area contributed by atoms with E-state index in [0.717, 1.165) is 25.7 Å². The average molecular weight is 315 g/mol. The summed E-state index contributed by atoms with van der Waals surface area (Å²) in [6, 6.07) is 7.61. The van der Waals surface area contributed by atoms with Crippen molar-refractivity contribution in [1.82, 2.24) is 5.32 Å². The molecule has 0 saturated heterocycles. The van der Waals surface area contributed by atoms with E-state index < -0.39 is 12.0 Å². The van der Waals surface area contributed by atoms with Crippen molar-refractivity contribution in [2.45, 2.75) is 57.4 Å². The first-order valence-corrected chi connectivity index (χ1v) is 8.55. The summed E-state index contributed by atoms with van der Waals surface area (Å²) in [5.41, 5.74) is 2.62. The van der Waals surface area contributed by atoms with E-state index in [1.807, 2.05) is 19.9 Å². The minimum Gasteiger partial charge on any atom is -0.480 e. The largest absolute Gasteiger partial charge is 0.480 e. The Hall–Kier alpha value is -1.84. The van der Waals surface area contributed by atoms with E-state index in [9.17, 15) is 14.7 Å². The van der Waals surface area contributed by atoms with E-state index in [1.165, 1.54) is 11.1 Å². The highest BCUT2D eigenvalue weighted by Crippen LogP contribution is 2.60. The monoisotopic (exact) mass is 315 g/mol. The molecule has 1 fully saturated rings. The second-order valence-electron chi connectivity index (χ2n) is 7.45. The molecule has 0 aromatic heterocycles. The molecule has 1 aromatic rings. The van der Waals surface area contributed by atoms with Crippen molar-refractivity contribution >= 4 is 11.9 Å². The average Bonchev–Trinajstić information content (AvgIpc) is 3.21. The number of benzene rings is 1. The summed E-state index contributed by atoms with van der Waals surface area (Å²) in [5.74, 6) is -0.863. The summed E-state index contributed by atoms with van der Waals surface area (Å²) in [4.78, 5) is 24.0. The van der Waals surface area contributed by atoms with Crippen molar-refractivity contribution in [3.05, 3.63) is 35.4 Å². The van der Waals surface area contributed by atoms with Crippen LogP contribution >= 0.6 is 0 Å². The number of amides is 1.